The van der Waals surface area contributed by atoms with Crippen molar-refractivity contribution in [2.45, 2.75) is 32.9 Å². The van der Waals surface area contributed by atoms with Crippen molar-refractivity contribution in [3.63, 3.8) is 0 Å². The Morgan fingerprint density at radius 1 is 0.978 bits per heavy atom. The van der Waals surface area contributed by atoms with Crippen LogP contribution in [0.25, 0.3) is 5.70 Å². The number of hydrogen-bond acceptors (Lipinski definition) is 7. The zero-order valence-electron chi connectivity index (χ0n) is 25.2. The molecule has 10 nitrogen and oxygen atoms in total. The number of nitrogens with one attached hydrogen (secondary N) is 1. The average molecular weight is 638 g/mol. The van der Waals surface area contributed by atoms with Crippen molar-refractivity contribution in [2.75, 3.05) is 11.7 Å². The zero-order chi connectivity index (χ0) is 31.1. The van der Waals surface area contributed by atoms with Crippen LogP contribution in [-0.2, 0) is 13.0 Å². The van der Waals surface area contributed by atoms with Crippen LogP contribution < -0.4 is 19.8 Å². The fraction of sp³-hybridized carbons (Fsp3) is 0.171. The van der Waals surface area contributed by atoms with E-state index >= 15 is 0 Å². The molecule has 3 aliphatic rings. The molecule has 1 atom stereocenters. The second-order valence-corrected chi connectivity index (χ2v) is 11.2. The van der Waals surface area contributed by atoms with Crippen molar-refractivity contribution in [1.82, 2.24) is 20.3 Å². The summed E-state index contributed by atoms with van der Waals surface area (Å²) in [6.45, 7) is 4.46. The number of benzene rings is 3. The van der Waals surface area contributed by atoms with E-state index in [4.69, 9.17) is 9.47 Å². The van der Waals surface area contributed by atoms with Gasteiger partial charge >= 0.3 is 6.03 Å². The Kier molecular flexibility index (Phi) is 8.29. The molecule has 3 amide bonds. The number of halogens is 1. The highest BCUT2D eigenvalue weighted by molar-refractivity contribution is 6.02. The number of aromatic nitrogens is 1. The van der Waals surface area contributed by atoms with Gasteiger partial charge in [0.05, 0.1) is 22.6 Å². The van der Waals surface area contributed by atoms with E-state index in [-0.39, 0.29) is 36.9 Å². The largest absolute Gasteiger partial charge is 0.508 e. The van der Waals surface area contributed by atoms with E-state index in [1.807, 2.05) is 36.1 Å². The first-order chi connectivity index (χ1) is 21.9. The van der Waals surface area contributed by atoms with Gasteiger partial charge in [-0.2, -0.15) is 0 Å². The summed E-state index contributed by atoms with van der Waals surface area (Å²) in [7, 11) is 0. The number of allylic oxidation sites excluding steroid dienone is 2. The van der Waals surface area contributed by atoms with Gasteiger partial charge in [-0.3, -0.25) is 20.1 Å². The van der Waals surface area contributed by atoms with E-state index < -0.39 is 6.03 Å². The maximum Gasteiger partial charge on any atom is 0.351 e. The third-order valence-corrected chi connectivity index (χ3v) is 8.18. The summed E-state index contributed by atoms with van der Waals surface area (Å²) < 4.78 is 11.4. The highest BCUT2D eigenvalue weighted by Crippen LogP contribution is 2.39. The Balaban J connectivity index is 0.00000372. The van der Waals surface area contributed by atoms with Crippen molar-refractivity contribution in [3.05, 3.63) is 125 Å². The third kappa shape index (κ3) is 5.70. The lowest BCUT2D eigenvalue weighted by molar-refractivity contribution is 0.0657. The van der Waals surface area contributed by atoms with Gasteiger partial charge in [0, 0.05) is 36.2 Å². The number of carbonyl (C=O) groups excluding carboxylic acids is 2. The molecule has 4 aromatic rings. The second kappa shape index (κ2) is 12.5. The molecule has 2 N–H and O–H groups in total. The van der Waals surface area contributed by atoms with Crippen molar-refractivity contribution in [3.8, 4) is 17.2 Å². The number of nitrogens with zero attached hydrogens (tertiary/aromatic N) is 4. The number of phenols is 1. The normalized spacial score (nSPS) is 16.1. The van der Waals surface area contributed by atoms with Crippen LogP contribution in [-0.4, -0.2) is 44.8 Å². The van der Waals surface area contributed by atoms with Crippen molar-refractivity contribution in [1.29, 1.82) is 0 Å². The number of aryl methyl sites for hydroxylation is 1. The Bertz CT molecular complexity index is 1880. The number of hydrazine groups is 1. The van der Waals surface area contributed by atoms with E-state index in [2.05, 4.69) is 29.5 Å². The fourth-order valence-corrected chi connectivity index (χ4v) is 5.89. The van der Waals surface area contributed by atoms with Crippen LogP contribution in [0.3, 0.4) is 0 Å². The summed E-state index contributed by atoms with van der Waals surface area (Å²) in [4.78, 5) is 36.1. The zero-order valence-corrected chi connectivity index (χ0v) is 26.0. The van der Waals surface area contributed by atoms with Crippen molar-refractivity contribution in [2.24, 2.45) is 0 Å². The molecule has 0 saturated heterocycles. The lowest BCUT2D eigenvalue weighted by Crippen LogP contribution is -2.46. The molecule has 0 radical (unpaired) electrons. The minimum absolute atomic E-state index is 0. The van der Waals surface area contributed by atoms with Gasteiger partial charge in [-0.15, -0.1) is 12.4 Å². The molecule has 3 aromatic carbocycles. The molecular formula is C35H32ClN5O5. The lowest BCUT2D eigenvalue weighted by Gasteiger charge is -2.36. The number of aromatic hydroxyl groups is 1. The summed E-state index contributed by atoms with van der Waals surface area (Å²) in [5, 5.41) is 11.3. The number of carbonyl (C=O) groups is 2. The Hall–Kier alpha value is -5.48. The van der Waals surface area contributed by atoms with E-state index in [1.165, 1.54) is 27.6 Å². The monoisotopic (exact) mass is 637 g/mol. The summed E-state index contributed by atoms with van der Waals surface area (Å²) in [5.41, 5.74) is 9.03. The molecule has 0 aliphatic carbocycles. The average Bonchev–Trinajstić information content (AvgIpc) is 3.52. The van der Waals surface area contributed by atoms with Crippen LogP contribution in [0.1, 0.15) is 39.7 Å². The smallest absolute Gasteiger partial charge is 0.351 e. The van der Waals surface area contributed by atoms with Gasteiger partial charge in [-0.05, 0) is 92.1 Å². The molecule has 4 heterocycles. The Morgan fingerprint density at radius 2 is 1.72 bits per heavy atom. The molecule has 11 heteroatoms. The first-order valence-electron chi connectivity index (χ1n) is 14.7. The van der Waals surface area contributed by atoms with Crippen molar-refractivity contribution < 1.29 is 24.2 Å². The van der Waals surface area contributed by atoms with Gasteiger partial charge in [-0.25, -0.2) is 9.80 Å². The van der Waals surface area contributed by atoms with Crippen LogP contribution in [0.2, 0.25) is 0 Å². The van der Waals surface area contributed by atoms with Crippen LogP contribution in [0.15, 0.2) is 97.3 Å². The van der Waals surface area contributed by atoms with E-state index in [1.54, 1.807) is 48.8 Å². The highest BCUT2D eigenvalue weighted by atomic mass is 35.5. The second-order valence-electron chi connectivity index (χ2n) is 11.2. The number of anilines is 2. The van der Waals surface area contributed by atoms with Crippen molar-refractivity contribution >= 4 is 41.4 Å². The molecule has 234 valence electrons. The number of phenolic OH excluding ortho intramolecular Hbond substituents is 1. The number of hydrogen-bond donors (Lipinski definition) is 2. The summed E-state index contributed by atoms with van der Waals surface area (Å²) in [6, 6.07) is 21.2. The van der Waals surface area contributed by atoms with Gasteiger partial charge in [-0.1, -0.05) is 24.3 Å². The SMILES string of the molecule is Cc1cc(N(C(=O)N2C=CC=C(c3cc4c(cc3C(=O)N3Cc5ccccc5C[C@H]3C)OCO4)N2)c2ccc(O)cc2)ccn1.Cl. The van der Waals surface area contributed by atoms with Gasteiger partial charge in [0.15, 0.2) is 11.5 Å². The minimum Gasteiger partial charge on any atom is -0.508 e. The van der Waals surface area contributed by atoms with E-state index in [9.17, 15) is 14.7 Å². The molecule has 0 unspecified atom stereocenters. The molecule has 0 spiro atoms. The standard InChI is InChI=1S/C35H31N5O5.ClH/c1-22-16-27(13-14-36-22)40(26-9-11-28(41)12-10-26)35(43)39-15-5-8-31(37-39)29-18-32-33(45-21-44-32)19-30(29)34(42)38-20-25-7-4-3-6-24(25)17-23(38)2;/h3-16,18-19,23,37,41H,17,20-21H2,1-2H3;1H/t23-;/m1./s1. The van der Waals surface area contributed by atoms with Gasteiger partial charge < -0.3 is 19.5 Å². The van der Waals surface area contributed by atoms with Crippen LogP contribution in [0.5, 0.6) is 17.2 Å². The summed E-state index contributed by atoms with van der Waals surface area (Å²) in [5.74, 6) is 0.966. The molecule has 46 heavy (non-hydrogen) atoms. The maximum absolute atomic E-state index is 14.3. The predicted octanol–water partition coefficient (Wildman–Crippen LogP) is 6.47. The number of fused-ring (bicyclic) bond motifs is 2. The topological polar surface area (TPSA) is 107 Å². The van der Waals surface area contributed by atoms with Gasteiger partial charge in [0.25, 0.3) is 5.91 Å². The third-order valence-electron chi connectivity index (χ3n) is 8.18. The van der Waals surface area contributed by atoms with E-state index in [0.29, 0.717) is 46.2 Å². The lowest BCUT2D eigenvalue weighted by atomic mass is 9.93. The van der Waals surface area contributed by atoms with E-state index in [0.717, 1.165) is 17.7 Å². The number of rotatable bonds is 4. The molecule has 0 fully saturated rings. The molecule has 3 aliphatic heterocycles. The summed E-state index contributed by atoms with van der Waals surface area (Å²) >= 11 is 0. The number of pyridine rings is 1. The van der Waals surface area contributed by atoms with Gasteiger partial charge in [0.2, 0.25) is 6.79 Å². The van der Waals surface area contributed by atoms with Crippen LogP contribution in [0, 0.1) is 6.92 Å². The maximum atomic E-state index is 14.3. The molecule has 7 rings (SSSR count). The molecular weight excluding hydrogens is 606 g/mol. The molecule has 0 bridgehead atoms. The Labute approximate surface area is 272 Å². The predicted molar refractivity (Wildman–Crippen MR) is 176 cm³/mol. The number of urea groups is 1. The number of amides is 3. The Morgan fingerprint density at radius 3 is 2.48 bits per heavy atom. The molecule has 1 aromatic heterocycles. The van der Waals surface area contributed by atoms with Crippen LogP contribution >= 0.6 is 12.4 Å². The summed E-state index contributed by atoms with van der Waals surface area (Å²) in [6.07, 6.45) is 7.57. The first-order valence-corrected chi connectivity index (χ1v) is 14.7. The quantitative estimate of drug-likeness (QED) is 0.264. The van der Waals surface area contributed by atoms with Crippen LogP contribution in [0.4, 0.5) is 16.2 Å². The minimum atomic E-state index is -0.414. The molecule has 0 saturated carbocycles. The number of ether oxygens (including phenoxy) is 2. The first kappa shape index (κ1) is 30.5. The van der Waals surface area contributed by atoms with Gasteiger partial charge in [0.1, 0.15) is 5.75 Å². The highest BCUT2D eigenvalue weighted by Gasteiger charge is 2.32. The fourth-order valence-electron chi connectivity index (χ4n) is 5.89.